The first-order valence-electron chi connectivity index (χ1n) is 5.59. The SMILES string of the molecule is Cc1cc(CN)nc(OCc2cccc(Br)c2)n1. The van der Waals surface area contributed by atoms with Gasteiger partial charge in [0.15, 0.2) is 0 Å². The Kier molecular flexibility index (Phi) is 4.28. The van der Waals surface area contributed by atoms with Crippen LogP contribution < -0.4 is 10.5 Å². The largest absolute Gasteiger partial charge is 0.459 e. The van der Waals surface area contributed by atoms with Gasteiger partial charge in [-0.1, -0.05) is 28.1 Å². The monoisotopic (exact) mass is 307 g/mol. The van der Waals surface area contributed by atoms with Crippen LogP contribution in [0.4, 0.5) is 0 Å². The van der Waals surface area contributed by atoms with Gasteiger partial charge < -0.3 is 10.5 Å². The summed E-state index contributed by atoms with van der Waals surface area (Å²) in [4.78, 5) is 8.44. The van der Waals surface area contributed by atoms with Crippen LogP contribution in [0.5, 0.6) is 6.01 Å². The highest BCUT2D eigenvalue weighted by Gasteiger charge is 2.03. The van der Waals surface area contributed by atoms with E-state index in [4.69, 9.17) is 10.5 Å². The first-order chi connectivity index (χ1) is 8.67. The highest BCUT2D eigenvalue weighted by molar-refractivity contribution is 9.10. The van der Waals surface area contributed by atoms with Crippen molar-refractivity contribution in [2.24, 2.45) is 5.73 Å². The van der Waals surface area contributed by atoms with Gasteiger partial charge in [-0.15, -0.1) is 0 Å². The molecule has 5 heteroatoms. The van der Waals surface area contributed by atoms with E-state index >= 15 is 0 Å². The summed E-state index contributed by atoms with van der Waals surface area (Å²) in [6.07, 6.45) is 0. The van der Waals surface area contributed by atoms with Crippen molar-refractivity contribution in [3.8, 4) is 6.01 Å². The molecule has 18 heavy (non-hydrogen) atoms. The van der Waals surface area contributed by atoms with Gasteiger partial charge in [0.05, 0.1) is 5.69 Å². The standard InChI is InChI=1S/C13H14BrN3O/c1-9-5-12(7-15)17-13(16-9)18-8-10-3-2-4-11(14)6-10/h2-6H,7-8,15H2,1H3. The molecular formula is C13H14BrN3O. The molecule has 0 fully saturated rings. The first kappa shape index (κ1) is 13.0. The Labute approximate surface area is 114 Å². The molecule has 0 radical (unpaired) electrons. The predicted octanol–water partition coefficient (Wildman–Crippen LogP) is 2.59. The second-order valence-corrected chi connectivity index (χ2v) is 4.82. The quantitative estimate of drug-likeness (QED) is 0.943. The summed E-state index contributed by atoms with van der Waals surface area (Å²) in [5.74, 6) is 0. The lowest BCUT2D eigenvalue weighted by Gasteiger charge is -2.07. The topological polar surface area (TPSA) is 61.0 Å². The van der Waals surface area contributed by atoms with Crippen molar-refractivity contribution in [2.75, 3.05) is 0 Å². The van der Waals surface area contributed by atoms with Crippen LogP contribution in [0, 0.1) is 6.92 Å². The van der Waals surface area contributed by atoms with E-state index < -0.39 is 0 Å². The lowest BCUT2D eigenvalue weighted by atomic mass is 10.2. The van der Waals surface area contributed by atoms with Gasteiger partial charge in [-0.2, -0.15) is 4.98 Å². The van der Waals surface area contributed by atoms with E-state index in [1.807, 2.05) is 37.3 Å². The van der Waals surface area contributed by atoms with Crippen LogP contribution in [-0.4, -0.2) is 9.97 Å². The molecule has 1 aromatic heterocycles. The Morgan fingerprint density at radius 1 is 1.28 bits per heavy atom. The number of rotatable bonds is 4. The Morgan fingerprint density at radius 3 is 2.83 bits per heavy atom. The average molecular weight is 308 g/mol. The second-order valence-electron chi connectivity index (χ2n) is 3.91. The lowest BCUT2D eigenvalue weighted by Crippen LogP contribution is -2.05. The molecule has 0 aliphatic carbocycles. The van der Waals surface area contributed by atoms with Gasteiger partial charge in [0, 0.05) is 16.7 Å². The van der Waals surface area contributed by atoms with Crippen LogP contribution in [0.25, 0.3) is 0 Å². The van der Waals surface area contributed by atoms with Crippen LogP contribution in [0.1, 0.15) is 17.0 Å². The van der Waals surface area contributed by atoms with Gasteiger partial charge in [0.1, 0.15) is 6.61 Å². The van der Waals surface area contributed by atoms with Gasteiger partial charge in [-0.25, -0.2) is 4.98 Å². The number of hydrogen-bond acceptors (Lipinski definition) is 4. The highest BCUT2D eigenvalue weighted by Crippen LogP contribution is 2.14. The highest BCUT2D eigenvalue weighted by atomic mass is 79.9. The van der Waals surface area contributed by atoms with Crippen molar-refractivity contribution in [1.29, 1.82) is 0 Å². The molecule has 1 aromatic carbocycles. The summed E-state index contributed by atoms with van der Waals surface area (Å²) in [5, 5.41) is 0. The molecule has 0 aliphatic rings. The fraction of sp³-hybridized carbons (Fsp3) is 0.231. The van der Waals surface area contributed by atoms with E-state index in [1.54, 1.807) is 0 Å². The van der Waals surface area contributed by atoms with Crippen molar-refractivity contribution in [3.63, 3.8) is 0 Å². The second kappa shape index (κ2) is 5.93. The first-order valence-corrected chi connectivity index (χ1v) is 6.38. The molecule has 0 spiro atoms. The van der Waals surface area contributed by atoms with E-state index in [9.17, 15) is 0 Å². The summed E-state index contributed by atoms with van der Waals surface area (Å²) in [5.41, 5.74) is 8.26. The molecule has 0 saturated heterocycles. The van der Waals surface area contributed by atoms with Gasteiger partial charge in [0.25, 0.3) is 0 Å². The number of nitrogens with two attached hydrogens (primary N) is 1. The van der Waals surface area contributed by atoms with Crippen LogP contribution in [0.15, 0.2) is 34.8 Å². The number of ether oxygens (including phenoxy) is 1. The molecule has 94 valence electrons. The van der Waals surface area contributed by atoms with Crippen LogP contribution in [0.2, 0.25) is 0 Å². The molecule has 0 amide bonds. The number of halogens is 1. The minimum atomic E-state index is 0.371. The van der Waals surface area contributed by atoms with E-state index in [2.05, 4.69) is 25.9 Å². The Balaban J connectivity index is 2.08. The number of aromatic nitrogens is 2. The van der Waals surface area contributed by atoms with Gasteiger partial charge in [-0.3, -0.25) is 0 Å². The maximum Gasteiger partial charge on any atom is 0.317 e. The van der Waals surface area contributed by atoms with Crippen molar-refractivity contribution in [3.05, 3.63) is 51.8 Å². The maximum atomic E-state index is 5.57. The van der Waals surface area contributed by atoms with E-state index in [0.29, 0.717) is 19.2 Å². The van der Waals surface area contributed by atoms with E-state index in [-0.39, 0.29) is 0 Å². The zero-order valence-electron chi connectivity index (χ0n) is 10.1. The average Bonchev–Trinajstić information content (AvgIpc) is 2.36. The van der Waals surface area contributed by atoms with Crippen molar-refractivity contribution in [1.82, 2.24) is 9.97 Å². The third-order valence-corrected chi connectivity index (χ3v) is 2.85. The Morgan fingerprint density at radius 2 is 2.11 bits per heavy atom. The molecule has 0 atom stereocenters. The fourth-order valence-electron chi connectivity index (χ4n) is 1.55. The number of benzene rings is 1. The summed E-state index contributed by atoms with van der Waals surface area (Å²) in [6, 6.07) is 10.1. The lowest BCUT2D eigenvalue weighted by molar-refractivity contribution is 0.279. The van der Waals surface area contributed by atoms with Crippen LogP contribution >= 0.6 is 15.9 Å². The van der Waals surface area contributed by atoms with Crippen molar-refractivity contribution in [2.45, 2.75) is 20.1 Å². The molecular weight excluding hydrogens is 294 g/mol. The third-order valence-electron chi connectivity index (χ3n) is 2.35. The molecule has 2 N–H and O–H groups in total. The number of aryl methyl sites for hydroxylation is 1. The zero-order valence-corrected chi connectivity index (χ0v) is 11.6. The van der Waals surface area contributed by atoms with Crippen LogP contribution in [-0.2, 0) is 13.2 Å². The van der Waals surface area contributed by atoms with E-state index in [1.165, 1.54) is 0 Å². The Hall–Kier alpha value is -1.46. The summed E-state index contributed by atoms with van der Waals surface area (Å²) >= 11 is 3.42. The van der Waals surface area contributed by atoms with Gasteiger partial charge >= 0.3 is 6.01 Å². The molecule has 4 nitrogen and oxygen atoms in total. The molecule has 2 aromatic rings. The molecule has 0 unspecified atom stereocenters. The normalized spacial score (nSPS) is 10.4. The predicted molar refractivity (Wildman–Crippen MR) is 73.1 cm³/mol. The maximum absolute atomic E-state index is 5.57. The fourth-order valence-corrected chi connectivity index (χ4v) is 1.99. The molecule has 0 saturated carbocycles. The minimum Gasteiger partial charge on any atom is -0.459 e. The van der Waals surface area contributed by atoms with E-state index in [0.717, 1.165) is 21.4 Å². The minimum absolute atomic E-state index is 0.371. The third kappa shape index (κ3) is 3.51. The molecule has 0 aliphatic heterocycles. The van der Waals surface area contributed by atoms with Gasteiger partial charge in [0.2, 0.25) is 0 Å². The summed E-state index contributed by atoms with van der Waals surface area (Å²) in [7, 11) is 0. The summed E-state index contributed by atoms with van der Waals surface area (Å²) < 4.78 is 6.60. The Bertz CT molecular complexity index is 546. The smallest absolute Gasteiger partial charge is 0.317 e. The molecule has 0 bridgehead atoms. The number of nitrogens with zero attached hydrogens (tertiary/aromatic N) is 2. The molecule has 1 heterocycles. The van der Waals surface area contributed by atoms with Crippen LogP contribution in [0.3, 0.4) is 0 Å². The van der Waals surface area contributed by atoms with Crippen molar-refractivity contribution >= 4 is 15.9 Å². The van der Waals surface area contributed by atoms with Crippen molar-refractivity contribution < 1.29 is 4.74 Å². The zero-order chi connectivity index (χ0) is 13.0. The van der Waals surface area contributed by atoms with Gasteiger partial charge in [-0.05, 0) is 30.7 Å². The summed E-state index contributed by atoms with van der Waals surface area (Å²) in [6.45, 7) is 2.72. The molecule has 2 rings (SSSR count). The number of hydrogen-bond donors (Lipinski definition) is 1.